The van der Waals surface area contributed by atoms with Gasteiger partial charge in [0.2, 0.25) is 0 Å². The molecule has 1 aromatic heterocycles. The van der Waals surface area contributed by atoms with E-state index in [0.717, 1.165) is 28.6 Å². The fourth-order valence-corrected chi connectivity index (χ4v) is 4.59. The van der Waals surface area contributed by atoms with Crippen molar-refractivity contribution in [3.63, 3.8) is 0 Å². The van der Waals surface area contributed by atoms with Crippen LogP contribution in [0.3, 0.4) is 0 Å². The third kappa shape index (κ3) is 2.79. The van der Waals surface area contributed by atoms with Gasteiger partial charge < -0.3 is 14.8 Å². The molecule has 5 heteroatoms. The number of fused-ring (bicyclic) bond motifs is 5. The van der Waals surface area contributed by atoms with Gasteiger partial charge in [-0.3, -0.25) is 4.79 Å². The summed E-state index contributed by atoms with van der Waals surface area (Å²) < 4.78 is 1.89. The summed E-state index contributed by atoms with van der Waals surface area (Å²) in [4.78, 5) is 27.0. The van der Waals surface area contributed by atoms with E-state index < -0.39 is 0 Å². The third-order valence-electron chi connectivity index (χ3n) is 5.80. The van der Waals surface area contributed by atoms with Crippen molar-refractivity contribution in [2.45, 2.75) is 18.9 Å². The fraction of sp³-hybridized carbons (Fsp3) is 0.273. The predicted molar refractivity (Wildman–Crippen MR) is 106 cm³/mol. The SMILES string of the molecule is O=C(Nc1cccc2ccccc12)N1C[C@H]2C[C@H](C1)c1cccc(=O)n1C2. The molecule has 136 valence electrons. The molecular weight excluding hydrogens is 338 g/mol. The molecule has 2 atom stereocenters. The second kappa shape index (κ2) is 6.27. The number of aromatic nitrogens is 1. The Labute approximate surface area is 157 Å². The highest BCUT2D eigenvalue weighted by Gasteiger charge is 2.36. The van der Waals surface area contributed by atoms with Gasteiger partial charge in [-0.1, -0.05) is 42.5 Å². The van der Waals surface area contributed by atoms with E-state index >= 15 is 0 Å². The van der Waals surface area contributed by atoms with E-state index in [-0.39, 0.29) is 17.5 Å². The van der Waals surface area contributed by atoms with Crippen molar-refractivity contribution in [3.05, 3.63) is 76.7 Å². The van der Waals surface area contributed by atoms with Crippen molar-refractivity contribution in [1.82, 2.24) is 9.47 Å². The number of likely N-dealkylation sites (tertiary alicyclic amines) is 1. The Kier molecular flexibility index (Phi) is 3.74. The maximum absolute atomic E-state index is 13.0. The minimum atomic E-state index is -0.0622. The maximum Gasteiger partial charge on any atom is 0.321 e. The monoisotopic (exact) mass is 359 g/mol. The molecule has 0 spiro atoms. The van der Waals surface area contributed by atoms with Gasteiger partial charge in [0.25, 0.3) is 5.56 Å². The molecule has 2 aliphatic rings. The lowest BCUT2D eigenvalue weighted by Crippen LogP contribution is -2.50. The summed E-state index contributed by atoms with van der Waals surface area (Å²) >= 11 is 0. The number of urea groups is 1. The van der Waals surface area contributed by atoms with E-state index in [2.05, 4.69) is 5.32 Å². The zero-order valence-electron chi connectivity index (χ0n) is 15.0. The number of hydrogen-bond donors (Lipinski definition) is 1. The number of rotatable bonds is 1. The van der Waals surface area contributed by atoms with Crippen LogP contribution in [-0.4, -0.2) is 28.6 Å². The quantitative estimate of drug-likeness (QED) is 0.721. The molecule has 1 saturated heterocycles. The van der Waals surface area contributed by atoms with Gasteiger partial charge in [-0.25, -0.2) is 4.79 Å². The average Bonchev–Trinajstić information content (AvgIpc) is 2.69. The van der Waals surface area contributed by atoms with Gasteiger partial charge in [0.15, 0.2) is 0 Å². The first-order valence-electron chi connectivity index (χ1n) is 9.42. The molecule has 2 bridgehead atoms. The summed E-state index contributed by atoms with van der Waals surface area (Å²) in [5, 5.41) is 5.25. The minimum Gasteiger partial charge on any atom is -0.324 e. The van der Waals surface area contributed by atoms with Crippen LogP contribution in [0.4, 0.5) is 10.5 Å². The molecule has 2 amide bonds. The van der Waals surface area contributed by atoms with E-state index in [1.807, 2.05) is 64.1 Å². The number of pyridine rings is 1. The topological polar surface area (TPSA) is 54.3 Å². The fourth-order valence-electron chi connectivity index (χ4n) is 4.59. The number of anilines is 1. The number of nitrogens with zero attached hydrogens (tertiary/aromatic N) is 2. The number of nitrogens with one attached hydrogen (secondary N) is 1. The third-order valence-corrected chi connectivity index (χ3v) is 5.80. The Bertz CT molecular complexity index is 1080. The standard InChI is InChI=1S/C22H21N3O2/c26-21-10-4-9-20-17-11-15(13-25(20)21)12-24(14-17)22(27)23-19-8-3-6-16-5-1-2-7-18(16)19/h1-10,15,17H,11-14H2,(H,23,27)/t15-,17-/m1/s1. The number of carbonyl (C=O) groups excluding carboxylic acids is 1. The van der Waals surface area contributed by atoms with Gasteiger partial charge in [0.1, 0.15) is 0 Å². The first kappa shape index (κ1) is 16.1. The van der Waals surface area contributed by atoms with Gasteiger partial charge in [-0.05, 0) is 29.9 Å². The molecule has 0 radical (unpaired) electrons. The molecule has 2 aromatic carbocycles. The van der Waals surface area contributed by atoms with Crippen LogP contribution in [0.5, 0.6) is 0 Å². The Balaban J connectivity index is 1.40. The highest BCUT2D eigenvalue weighted by molar-refractivity contribution is 6.01. The van der Waals surface area contributed by atoms with Gasteiger partial charge in [0.05, 0.1) is 5.69 Å². The highest BCUT2D eigenvalue weighted by atomic mass is 16.2. The first-order valence-corrected chi connectivity index (χ1v) is 9.42. The smallest absolute Gasteiger partial charge is 0.321 e. The Morgan fingerprint density at radius 2 is 1.74 bits per heavy atom. The van der Waals surface area contributed by atoms with Crippen LogP contribution in [0.2, 0.25) is 0 Å². The van der Waals surface area contributed by atoms with E-state index in [0.29, 0.717) is 25.6 Å². The summed E-state index contributed by atoms with van der Waals surface area (Å²) in [7, 11) is 0. The van der Waals surface area contributed by atoms with Crippen LogP contribution >= 0.6 is 0 Å². The predicted octanol–water partition coefficient (Wildman–Crippen LogP) is 3.65. The van der Waals surface area contributed by atoms with Crippen LogP contribution in [0.15, 0.2) is 65.5 Å². The van der Waals surface area contributed by atoms with Crippen molar-refractivity contribution >= 4 is 22.5 Å². The van der Waals surface area contributed by atoms with Crippen LogP contribution in [0.1, 0.15) is 18.0 Å². The lowest BCUT2D eigenvalue weighted by molar-refractivity contribution is 0.139. The van der Waals surface area contributed by atoms with Crippen molar-refractivity contribution in [3.8, 4) is 0 Å². The van der Waals surface area contributed by atoms with Crippen LogP contribution in [-0.2, 0) is 6.54 Å². The zero-order chi connectivity index (χ0) is 18.4. The number of hydrogen-bond acceptors (Lipinski definition) is 2. The molecule has 3 heterocycles. The molecule has 5 nitrogen and oxygen atoms in total. The Morgan fingerprint density at radius 1 is 0.926 bits per heavy atom. The van der Waals surface area contributed by atoms with Gasteiger partial charge in [0, 0.05) is 42.7 Å². The number of piperidine rings is 1. The van der Waals surface area contributed by atoms with Crippen molar-refractivity contribution in [2.24, 2.45) is 5.92 Å². The van der Waals surface area contributed by atoms with E-state index in [1.54, 1.807) is 6.07 Å². The lowest BCUT2D eigenvalue weighted by atomic mass is 9.83. The summed E-state index contributed by atoms with van der Waals surface area (Å²) in [5.74, 6) is 0.555. The molecule has 27 heavy (non-hydrogen) atoms. The second-order valence-corrected chi connectivity index (χ2v) is 7.56. The molecular formula is C22H21N3O2. The number of benzene rings is 2. The first-order chi connectivity index (χ1) is 13.2. The summed E-state index contributed by atoms with van der Waals surface area (Å²) in [5.41, 5.74) is 1.96. The van der Waals surface area contributed by atoms with Crippen LogP contribution in [0, 0.1) is 5.92 Å². The Morgan fingerprint density at radius 3 is 2.67 bits per heavy atom. The summed E-state index contributed by atoms with van der Waals surface area (Å²) in [6.45, 7) is 2.04. The van der Waals surface area contributed by atoms with Gasteiger partial charge >= 0.3 is 6.03 Å². The summed E-state index contributed by atoms with van der Waals surface area (Å²) in [6, 6.07) is 19.4. The van der Waals surface area contributed by atoms with Crippen LogP contribution in [0.25, 0.3) is 10.8 Å². The molecule has 0 saturated carbocycles. The molecule has 5 rings (SSSR count). The van der Waals surface area contributed by atoms with E-state index in [1.165, 1.54) is 0 Å². The molecule has 1 fully saturated rings. The lowest BCUT2D eigenvalue weighted by Gasteiger charge is -2.42. The molecule has 1 N–H and O–H groups in total. The van der Waals surface area contributed by atoms with Crippen molar-refractivity contribution in [1.29, 1.82) is 0 Å². The van der Waals surface area contributed by atoms with E-state index in [9.17, 15) is 9.59 Å². The molecule has 2 aliphatic heterocycles. The van der Waals surface area contributed by atoms with Crippen LogP contribution < -0.4 is 10.9 Å². The largest absolute Gasteiger partial charge is 0.324 e. The molecule has 0 aliphatic carbocycles. The van der Waals surface area contributed by atoms with Crippen molar-refractivity contribution in [2.75, 3.05) is 18.4 Å². The highest BCUT2D eigenvalue weighted by Crippen LogP contribution is 2.35. The second-order valence-electron chi connectivity index (χ2n) is 7.56. The van der Waals surface area contributed by atoms with Gasteiger partial charge in [-0.2, -0.15) is 0 Å². The molecule has 0 unspecified atom stereocenters. The number of amides is 2. The number of carbonyl (C=O) groups is 1. The maximum atomic E-state index is 13.0. The van der Waals surface area contributed by atoms with E-state index in [4.69, 9.17) is 0 Å². The summed E-state index contributed by atoms with van der Waals surface area (Å²) in [6.07, 6.45) is 1.04. The Hall–Kier alpha value is -3.08. The van der Waals surface area contributed by atoms with Gasteiger partial charge in [-0.15, -0.1) is 0 Å². The zero-order valence-corrected chi connectivity index (χ0v) is 15.0. The minimum absolute atomic E-state index is 0.0622. The molecule has 3 aromatic rings. The normalized spacial score (nSPS) is 21.0. The average molecular weight is 359 g/mol. The van der Waals surface area contributed by atoms with Crippen molar-refractivity contribution < 1.29 is 4.79 Å².